The van der Waals surface area contributed by atoms with Gasteiger partial charge in [-0.3, -0.25) is 9.69 Å². The van der Waals surface area contributed by atoms with Gasteiger partial charge in [0.1, 0.15) is 5.75 Å². The molecule has 156 valence electrons. The number of carbonyl (C=O) groups is 1. The molecule has 1 amide bonds. The molecule has 1 saturated heterocycles. The number of benzene rings is 3. The first-order valence-electron chi connectivity index (χ1n) is 10.1. The Balaban J connectivity index is 1.63. The molecule has 30 heavy (non-hydrogen) atoms. The summed E-state index contributed by atoms with van der Waals surface area (Å²) in [7, 11) is 1.55. The lowest BCUT2D eigenvalue weighted by atomic mass is 9.97. The van der Waals surface area contributed by atoms with Crippen LogP contribution in [0, 0.1) is 0 Å². The van der Waals surface area contributed by atoms with E-state index < -0.39 is 0 Å². The molecule has 1 unspecified atom stereocenters. The van der Waals surface area contributed by atoms with Crippen molar-refractivity contribution in [1.82, 2.24) is 10.2 Å². The summed E-state index contributed by atoms with van der Waals surface area (Å²) < 4.78 is 10.9. The van der Waals surface area contributed by atoms with E-state index in [0.29, 0.717) is 36.1 Å². The molecule has 3 aromatic carbocycles. The van der Waals surface area contributed by atoms with Crippen molar-refractivity contribution in [3.05, 3.63) is 76.8 Å². The zero-order valence-corrected chi connectivity index (χ0v) is 17.7. The van der Waals surface area contributed by atoms with E-state index in [1.54, 1.807) is 25.3 Å². The Morgan fingerprint density at radius 1 is 1.13 bits per heavy atom. The van der Waals surface area contributed by atoms with Gasteiger partial charge in [-0.25, -0.2) is 0 Å². The molecular formula is C24H25ClN2O3. The minimum Gasteiger partial charge on any atom is -0.496 e. The Morgan fingerprint density at radius 3 is 2.70 bits per heavy atom. The topological polar surface area (TPSA) is 50.8 Å². The summed E-state index contributed by atoms with van der Waals surface area (Å²) >= 11 is 6.11. The van der Waals surface area contributed by atoms with Crippen molar-refractivity contribution < 1.29 is 14.3 Å². The zero-order valence-electron chi connectivity index (χ0n) is 16.9. The van der Waals surface area contributed by atoms with Crippen LogP contribution >= 0.6 is 11.6 Å². The fourth-order valence-electron chi connectivity index (χ4n) is 4.01. The van der Waals surface area contributed by atoms with Gasteiger partial charge in [0.25, 0.3) is 5.91 Å². The Hall–Kier alpha value is -2.60. The summed E-state index contributed by atoms with van der Waals surface area (Å²) in [4.78, 5) is 15.3. The summed E-state index contributed by atoms with van der Waals surface area (Å²) in [5, 5.41) is 5.99. The van der Waals surface area contributed by atoms with Gasteiger partial charge >= 0.3 is 0 Å². The first kappa shape index (κ1) is 20.7. The second-order valence-electron chi connectivity index (χ2n) is 7.29. The van der Waals surface area contributed by atoms with Crippen molar-refractivity contribution in [3.8, 4) is 5.75 Å². The van der Waals surface area contributed by atoms with Gasteiger partial charge in [-0.2, -0.15) is 0 Å². The van der Waals surface area contributed by atoms with E-state index in [-0.39, 0.29) is 11.9 Å². The average molecular weight is 425 g/mol. The Morgan fingerprint density at radius 2 is 1.90 bits per heavy atom. The first-order chi connectivity index (χ1) is 14.7. The molecule has 4 rings (SSSR count). The second kappa shape index (κ2) is 9.47. The highest BCUT2D eigenvalue weighted by molar-refractivity contribution is 6.31. The predicted octanol–water partition coefficient (Wildman–Crippen LogP) is 4.31. The van der Waals surface area contributed by atoms with Crippen LogP contribution in [0.4, 0.5) is 0 Å². The van der Waals surface area contributed by atoms with E-state index in [4.69, 9.17) is 21.1 Å². The van der Waals surface area contributed by atoms with Crippen molar-refractivity contribution in [1.29, 1.82) is 0 Å². The predicted molar refractivity (Wildman–Crippen MR) is 119 cm³/mol. The molecule has 1 N–H and O–H groups in total. The molecule has 0 radical (unpaired) electrons. The van der Waals surface area contributed by atoms with Gasteiger partial charge in [-0.1, -0.05) is 54.1 Å². The van der Waals surface area contributed by atoms with E-state index in [9.17, 15) is 4.79 Å². The van der Waals surface area contributed by atoms with Crippen LogP contribution in [0.2, 0.25) is 5.02 Å². The van der Waals surface area contributed by atoms with Crippen LogP contribution in [0.25, 0.3) is 10.8 Å². The number of nitrogens with one attached hydrogen (secondary N) is 1. The molecule has 0 aromatic heterocycles. The minimum absolute atomic E-state index is 0.0362. The average Bonchev–Trinajstić information content (AvgIpc) is 2.80. The lowest BCUT2D eigenvalue weighted by Gasteiger charge is -2.35. The summed E-state index contributed by atoms with van der Waals surface area (Å²) in [5.74, 6) is 0.304. The number of methoxy groups -OCH3 is 1. The standard InChI is InChI=1S/C24H25ClN2O3/c1-29-23-10-9-18(25)15-21(23)24(28)26-16-22(27-11-13-30-14-12-27)20-8-4-6-17-5-2-3-7-19(17)20/h2-10,15,22H,11-14,16H2,1H3,(H,26,28). The van der Waals surface area contributed by atoms with Crippen molar-refractivity contribution in [3.63, 3.8) is 0 Å². The number of morpholine rings is 1. The van der Waals surface area contributed by atoms with Crippen molar-refractivity contribution in [2.45, 2.75) is 6.04 Å². The highest BCUT2D eigenvalue weighted by atomic mass is 35.5. The molecule has 1 heterocycles. The number of carbonyl (C=O) groups excluding carboxylic acids is 1. The van der Waals surface area contributed by atoms with Crippen molar-refractivity contribution in [2.75, 3.05) is 40.0 Å². The summed E-state index contributed by atoms with van der Waals surface area (Å²) in [6.07, 6.45) is 0. The highest BCUT2D eigenvalue weighted by Crippen LogP contribution is 2.29. The van der Waals surface area contributed by atoms with Crippen LogP contribution < -0.4 is 10.1 Å². The van der Waals surface area contributed by atoms with Crippen LogP contribution in [0.15, 0.2) is 60.7 Å². The number of amides is 1. The summed E-state index contributed by atoms with van der Waals surface area (Å²) in [5.41, 5.74) is 1.64. The van der Waals surface area contributed by atoms with Crippen LogP contribution in [-0.2, 0) is 4.74 Å². The lowest BCUT2D eigenvalue weighted by molar-refractivity contribution is 0.0165. The van der Waals surface area contributed by atoms with Crippen LogP contribution in [0.5, 0.6) is 5.75 Å². The van der Waals surface area contributed by atoms with Crippen molar-refractivity contribution >= 4 is 28.3 Å². The number of nitrogens with zero attached hydrogens (tertiary/aromatic N) is 1. The Labute approximate surface area is 181 Å². The molecule has 0 spiro atoms. The minimum atomic E-state index is -0.201. The van der Waals surface area contributed by atoms with Gasteiger partial charge in [0, 0.05) is 24.7 Å². The number of halogens is 1. The van der Waals surface area contributed by atoms with Gasteiger partial charge in [0.2, 0.25) is 0 Å². The lowest BCUT2D eigenvalue weighted by Crippen LogP contribution is -2.44. The molecule has 1 atom stereocenters. The smallest absolute Gasteiger partial charge is 0.255 e. The third-order valence-corrected chi connectivity index (χ3v) is 5.77. The quantitative estimate of drug-likeness (QED) is 0.640. The summed E-state index contributed by atoms with van der Waals surface area (Å²) in [6, 6.07) is 19.8. The number of rotatable bonds is 6. The van der Waals surface area contributed by atoms with E-state index in [2.05, 4.69) is 46.6 Å². The third kappa shape index (κ3) is 4.43. The third-order valence-electron chi connectivity index (χ3n) is 5.53. The molecule has 1 aliphatic heterocycles. The molecule has 0 bridgehead atoms. The Bertz CT molecular complexity index is 1030. The SMILES string of the molecule is COc1ccc(Cl)cc1C(=O)NCC(c1cccc2ccccc12)N1CCOCC1. The molecule has 0 aliphatic carbocycles. The largest absolute Gasteiger partial charge is 0.496 e. The monoisotopic (exact) mass is 424 g/mol. The van der Waals surface area contributed by atoms with Gasteiger partial charge in [0.05, 0.1) is 31.9 Å². The molecule has 1 fully saturated rings. The first-order valence-corrected chi connectivity index (χ1v) is 10.5. The number of hydrogen-bond acceptors (Lipinski definition) is 4. The molecular weight excluding hydrogens is 400 g/mol. The summed E-state index contributed by atoms with van der Waals surface area (Å²) in [6.45, 7) is 3.51. The molecule has 3 aromatic rings. The van der Waals surface area contributed by atoms with E-state index in [0.717, 1.165) is 13.1 Å². The van der Waals surface area contributed by atoms with Gasteiger partial charge in [0.15, 0.2) is 0 Å². The van der Waals surface area contributed by atoms with Gasteiger partial charge in [-0.05, 0) is 34.5 Å². The number of hydrogen-bond donors (Lipinski definition) is 1. The van der Waals surface area contributed by atoms with Gasteiger partial charge < -0.3 is 14.8 Å². The number of fused-ring (bicyclic) bond motifs is 1. The number of ether oxygens (including phenoxy) is 2. The maximum atomic E-state index is 13.0. The highest BCUT2D eigenvalue weighted by Gasteiger charge is 2.25. The van der Waals surface area contributed by atoms with E-state index in [1.807, 2.05) is 6.07 Å². The maximum absolute atomic E-state index is 13.0. The molecule has 5 nitrogen and oxygen atoms in total. The molecule has 6 heteroatoms. The maximum Gasteiger partial charge on any atom is 0.255 e. The van der Waals surface area contributed by atoms with Crippen LogP contribution in [0.3, 0.4) is 0 Å². The molecule has 0 saturated carbocycles. The van der Waals surface area contributed by atoms with Gasteiger partial charge in [-0.15, -0.1) is 0 Å². The van der Waals surface area contributed by atoms with Crippen LogP contribution in [0.1, 0.15) is 22.0 Å². The zero-order chi connectivity index (χ0) is 20.9. The normalized spacial score (nSPS) is 15.7. The fourth-order valence-corrected chi connectivity index (χ4v) is 4.18. The van der Waals surface area contributed by atoms with E-state index in [1.165, 1.54) is 16.3 Å². The molecule has 1 aliphatic rings. The van der Waals surface area contributed by atoms with Crippen molar-refractivity contribution in [2.24, 2.45) is 0 Å². The van der Waals surface area contributed by atoms with Crippen LogP contribution in [-0.4, -0.2) is 50.8 Å². The second-order valence-corrected chi connectivity index (χ2v) is 7.72. The Kier molecular flexibility index (Phi) is 6.53. The van der Waals surface area contributed by atoms with E-state index >= 15 is 0 Å². The fraction of sp³-hybridized carbons (Fsp3) is 0.292.